The number of carbonyl (C=O) groups excluding carboxylic acids is 1. The summed E-state index contributed by atoms with van der Waals surface area (Å²) in [4.78, 5) is 16.1. The van der Waals surface area contributed by atoms with Crippen LogP contribution in [-0.2, 0) is 4.79 Å². The van der Waals surface area contributed by atoms with Gasteiger partial charge in [-0.3, -0.25) is 4.79 Å². The van der Waals surface area contributed by atoms with Gasteiger partial charge in [-0.05, 0) is 30.7 Å². The Bertz CT molecular complexity index is 730. The summed E-state index contributed by atoms with van der Waals surface area (Å²) >= 11 is 0. The Morgan fingerprint density at radius 3 is 2.88 bits per heavy atom. The van der Waals surface area contributed by atoms with Crippen LogP contribution in [0, 0.1) is 5.92 Å². The molecule has 1 saturated carbocycles. The van der Waals surface area contributed by atoms with Gasteiger partial charge >= 0.3 is 0 Å². The van der Waals surface area contributed by atoms with Gasteiger partial charge in [0.1, 0.15) is 0 Å². The average molecular weight is 323 g/mol. The van der Waals surface area contributed by atoms with Crippen molar-refractivity contribution in [3.8, 4) is 11.3 Å². The highest BCUT2D eigenvalue weighted by Crippen LogP contribution is 2.42. The molecule has 4 heteroatoms. The SMILES string of the molecule is CC(=O)NC(CC1c2ccccc2-c2cncn21)C1CCCCC1. The fraction of sp³-hybridized carbons (Fsp3) is 0.500. The van der Waals surface area contributed by atoms with Crippen molar-refractivity contribution in [1.29, 1.82) is 0 Å². The van der Waals surface area contributed by atoms with Gasteiger partial charge in [0.05, 0.1) is 24.3 Å². The lowest BCUT2D eigenvalue weighted by molar-refractivity contribution is -0.120. The van der Waals surface area contributed by atoms with Crippen LogP contribution in [0.5, 0.6) is 0 Å². The summed E-state index contributed by atoms with van der Waals surface area (Å²) in [5.41, 5.74) is 3.84. The van der Waals surface area contributed by atoms with Crippen LogP contribution in [0.4, 0.5) is 0 Å². The predicted octanol–water partition coefficient (Wildman–Crippen LogP) is 3.93. The molecule has 1 amide bonds. The zero-order valence-electron chi connectivity index (χ0n) is 14.2. The maximum Gasteiger partial charge on any atom is 0.217 e. The maximum absolute atomic E-state index is 11.8. The molecule has 0 radical (unpaired) electrons. The van der Waals surface area contributed by atoms with Crippen LogP contribution in [0.1, 0.15) is 57.1 Å². The van der Waals surface area contributed by atoms with E-state index >= 15 is 0 Å². The monoisotopic (exact) mass is 323 g/mol. The van der Waals surface area contributed by atoms with E-state index in [0.29, 0.717) is 5.92 Å². The molecule has 2 unspecified atom stereocenters. The minimum atomic E-state index is 0.0858. The van der Waals surface area contributed by atoms with Crippen molar-refractivity contribution >= 4 is 5.91 Å². The van der Waals surface area contributed by atoms with Crippen molar-refractivity contribution in [1.82, 2.24) is 14.9 Å². The molecule has 1 aliphatic heterocycles. The van der Waals surface area contributed by atoms with Gasteiger partial charge in [-0.15, -0.1) is 0 Å². The summed E-state index contributed by atoms with van der Waals surface area (Å²) in [7, 11) is 0. The summed E-state index contributed by atoms with van der Waals surface area (Å²) in [6.07, 6.45) is 11.2. The Balaban J connectivity index is 1.63. The third-order valence-corrected chi connectivity index (χ3v) is 5.68. The zero-order valence-corrected chi connectivity index (χ0v) is 14.2. The van der Waals surface area contributed by atoms with Gasteiger partial charge in [-0.25, -0.2) is 4.98 Å². The summed E-state index contributed by atoms with van der Waals surface area (Å²) in [6, 6.07) is 9.12. The molecule has 2 aliphatic rings. The largest absolute Gasteiger partial charge is 0.353 e. The summed E-state index contributed by atoms with van der Waals surface area (Å²) in [6.45, 7) is 1.64. The van der Waals surface area contributed by atoms with Crippen molar-refractivity contribution in [3.63, 3.8) is 0 Å². The van der Waals surface area contributed by atoms with Crippen LogP contribution < -0.4 is 5.32 Å². The maximum atomic E-state index is 11.8. The lowest BCUT2D eigenvalue weighted by Crippen LogP contribution is -2.41. The molecule has 1 fully saturated rings. The number of benzene rings is 1. The van der Waals surface area contributed by atoms with Crippen molar-refractivity contribution < 1.29 is 4.79 Å². The molecule has 0 spiro atoms. The molecule has 24 heavy (non-hydrogen) atoms. The third-order valence-electron chi connectivity index (χ3n) is 5.68. The number of hydrogen-bond donors (Lipinski definition) is 1. The molecule has 1 aromatic carbocycles. The smallest absolute Gasteiger partial charge is 0.217 e. The molecular weight excluding hydrogens is 298 g/mol. The van der Waals surface area contributed by atoms with E-state index in [1.807, 2.05) is 12.5 Å². The van der Waals surface area contributed by atoms with Crippen LogP contribution >= 0.6 is 0 Å². The van der Waals surface area contributed by atoms with E-state index < -0.39 is 0 Å². The van der Waals surface area contributed by atoms with E-state index in [-0.39, 0.29) is 18.0 Å². The Morgan fingerprint density at radius 2 is 2.08 bits per heavy atom. The molecule has 1 aliphatic carbocycles. The van der Waals surface area contributed by atoms with Gasteiger partial charge in [0.25, 0.3) is 0 Å². The molecule has 1 N–H and O–H groups in total. The van der Waals surface area contributed by atoms with Gasteiger partial charge in [-0.2, -0.15) is 0 Å². The van der Waals surface area contributed by atoms with Gasteiger partial charge in [0.15, 0.2) is 0 Å². The second kappa shape index (κ2) is 6.42. The molecule has 2 heterocycles. The highest BCUT2D eigenvalue weighted by atomic mass is 16.1. The summed E-state index contributed by atoms with van der Waals surface area (Å²) in [5.74, 6) is 0.685. The Labute approximate surface area is 143 Å². The number of nitrogens with zero attached hydrogens (tertiary/aromatic N) is 2. The van der Waals surface area contributed by atoms with E-state index in [9.17, 15) is 4.79 Å². The van der Waals surface area contributed by atoms with Crippen molar-refractivity contribution in [2.75, 3.05) is 0 Å². The van der Waals surface area contributed by atoms with E-state index in [2.05, 4.69) is 39.1 Å². The summed E-state index contributed by atoms with van der Waals surface area (Å²) < 4.78 is 2.28. The first-order valence-corrected chi connectivity index (χ1v) is 9.12. The van der Waals surface area contributed by atoms with Crippen LogP contribution in [0.2, 0.25) is 0 Å². The molecule has 2 atom stereocenters. The van der Waals surface area contributed by atoms with E-state index in [1.165, 1.54) is 48.9 Å². The van der Waals surface area contributed by atoms with E-state index in [0.717, 1.165) is 6.42 Å². The second-order valence-corrected chi connectivity index (χ2v) is 7.23. The van der Waals surface area contributed by atoms with Gasteiger partial charge < -0.3 is 9.88 Å². The second-order valence-electron chi connectivity index (χ2n) is 7.23. The molecule has 0 saturated heterocycles. The summed E-state index contributed by atoms with van der Waals surface area (Å²) in [5, 5.41) is 3.26. The average Bonchev–Trinajstić information content (AvgIpc) is 3.17. The lowest BCUT2D eigenvalue weighted by atomic mass is 9.80. The minimum Gasteiger partial charge on any atom is -0.353 e. The standard InChI is InChI=1S/C20H25N3O/c1-14(24)22-18(15-7-3-2-4-8-15)11-19-16-9-5-6-10-17(16)20-12-21-13-23(19)20/h5-6,9-10,12-13,15,18-19H,2-4,7-8,11H2,1H3,(H,22,24). The number of rotatable bonds is 4. The van der Waals surface area contributed by atoms with Crippen LogP contribution in [0.25, 0.3) is 11.3 Å². The number of carbonyl (C=O) groups is 1. The molecule has 126 valence electrons. The molecule has 2 aromatic rings. The normalized spacial score (nSPS) is 21.1. The number of amides is 1. The quantitative estimate of drug-likeness (QED) is 0.927. The first kappa shape index (κ1) is 15.4. The van der Waals surface area contributed by atoms with E-state index in [4.69, 9.17) is 0 Å². The fourth-order valence-electron chi connectivity index (χ4n) is 4.58. The van der Waals surface area contributed by atoms with Crippen LogP contribution in [0.3, 0.4) is 0 Å². The molecule has 4 nitrogen and oxygen atoms in total. The van der Waals surface area contributed by atoms with Crippen LogP contribution in [0.15, 0.2) is 36.8 Å². The predicted molar refractivity (Wildman–Crippen MR) is 94.6 cm³/mol. The zero-order chi connectivity index (χ0) is 16.5. The molecule has 4 rings (SSSR count). The first-order valence-electron chi connectivity index (χ1n) is 9.12. The van der Waals surface area contributed by atoms with Crippen molar-refractivity contribution in [3.05, 3.63) is 42.4 Å². The van der Waals surface area contributed by atoms with Crippen molar-refractivity contribution in [2.45, 2.75) is 57.5 Å². The lowest BCUT2D eigenvalue weighted by Gasteiger charge is -2.33. The number of aromatic nitrogens is 2. The van der Waals surface area contributed by atoms with Gasteiger partial charge in [0, 0.05) is 18.5 Å². The Morgan fingerprint density at radius 1 is 1.29 bits per heavy atom. The van der Waals surface area contributed by atoms with Gasteiger partial charge in [0.2, 0.25) is 5.91 Å². The molecule has 1 aromatic heterocycles. The van der Waals surface area contributed by atoms with E-state index in [1.54, 1.807) is 6.92 Å². The highest BCUT2D eigenvalue weighted by molar-refractivity contribution is 5.73. The number of hydrogen-bond acceptors (Lipinski definition) is 2. The highest BCUT2D eigenvalue weighted by Gasteiger charge is 2.33. The topological polar surface area (TPSA) is 46.9 Å². The number of fused-ring (bicyclic) bond motifs is 3. The number of imidazole rings is 1. The first-order chi connectivity index (χ1) is 11.7. The minimum absolute atomic E-state index is 0.0858. The Kier molecular flexibility index (Phi) is 4.13. The van der Waals surface area contributed by atoms with Gasteiger partial charge in [-0.1, -0.05) is 43.5 Å². The number of nitrogens with one attached hydrogen (secondary N) is 1. The molecule has 0 bridgehead atoms. The Hall–Kier alpha value is -2.10. The fourth-order valence-corrected chi connectivity index (χ4v) is 4.58. The third kappa shape index (κ3) is 2.74. The molecular formula is C20H25N3O. The van der Waals surface area contributed by atoms with Crippen molar-refractivity contribution in [2.24, 2.45) is 5.92 Å². The van der Waals surface area contributed by atoms with Crippen LogP contribution in [-0.4, -0.2) is 21.5 Å².